The van der Waals surface area contributed by atoms with Crippen LogP contribution in [0.4, 0.5) is 13.2 Å². The standard InChI is InChI=1S/C9H14F3NO2/c1-6-2-3-13(7(6)5-14)8(15)4-9(10,11)12/h6-7,14H,2-5H2,1H3. The van der Waals surface area contributed by atoms with Crippen molar-refractivity contribution in [3.63, 3.8) is 0 Å². The summed E-state index contributed by atoms with van der Waals surface area (Å²) >= 11 is 0. The summed E-state index contributed by atoms with van der Waals surface area (Å²) in [7, 11) is 0. The molecule has 2 unspecified atom stereocenters. The van der Waals surface area contributed by atoms with Gasteiger partial charge < -0.3 is 10.0 Å². The molecular formula is C9H14F3NO2. The number of nitrogens with zero attached hydrogens (tertiary/aromatic N) is 1. The van der Waals surface area contributed by atoms with Crippen molar-refractivity contribution >= 4 is 5.91 Å². The fourth-order valence-corrected chi connectivity index (χ4v) is 1.87. The number of likely N-dealkylation sites (tertiary alicyclic amines) is 1. The highest BCUT2D eigenvalue weighted by molar-refractivity contribution is 5.77. The highest BCUT2D eigenvalue weighted by Gasteiger charge is 2.39. The van der Waals surface area contributed by atoms with Crippen molar-refractivity contribution in [2.24, 2.45) is 5.92 Å². The topological polar surface area (TPSA) is 40.5 Å². The molecule has 2 atom stereocenters. The lowest BCUT2D eigenvalue weighted by molar-refractivity contribution is -0.162. The molecule has 1 N–H and O–H groups in total. The maximum atomic E-state index is 12.0. The van der Waals surface area contributed by atoms with E-state index in [2.05, 4.69) is 0 Å². The van der Waals surface area contributed by atoms with Gasteiger partial charge >= 0.3 is 6.18 Å². The van der Waals surface area contributed by atoms with E-state index < -0.39 is 24.5 Å². The van der Waals surface area contributed by atoms with Crippen molar-refractivity contribution in [1.29, 1.82) is 0 Å². The van der Waals surface area contributed by atoms with Gasteiger partial charge in [-0.2, -0.15) is 13.2 Å². The van der Waals surface area contributed by atoms with Crippen LogP contribution in [0.1, 0.15) is 19.8 Å². The number of alkyl halides is 3. The monoisotopic (exact) mass is 225 g/mol. The zero-order chi connectivity index (χ0) is 11.6. The third-order valence-corrected chi connectivity index (χ3v) is 2.74. The fraction of sp³-hybridized carbons (Fsp3) is 0.889. The molecule has 6 heteroatoms. The van der Waals surface area contributed by atoms with Gasteiger partial charge in [0.15, 0.2) is 0 Å². The molecular weight excluding hydrogens is 211 g/mol. The van der Waals surface area contributed by atoms with Crippen LogP contribution in [0, 0.1) is 5.92 Å². The lowest BCUT2D eigenvalue weighted by Crippen LogP contribution is -2.41. The Morgan fingerprint density at radius 3 is 2.60 bits per heavy atom. The summed E-state index contributed by atoms with van der Waals surface area (Å²) in [5.74, 6) is -0.877. The maximum Gasteiger partial charge on any atom is 0.397 e. The lowest BCUT2D eigenvalue weighted by Gasteiger charge is -2.25. The largest absolute Gasteiger partial charge is 0.397 e. The van der Waals surface area contributed by atoms with E-state index in [1.807, 2.05) is 6.92 Å². The number of halogens is 3. The molecule has 0 aromatic rings. The van der Waals surface area contributed by atoms with Crippen LogP contribution >= 0.6 is 0 Å². The molecule has 0 aromatic heterocycles. The van der Waals surface area contributed by atoms with Gasteiger partial charge in [-0.25, -0.2) is 0 Å². The van der Waals surface area contributed by atoms with Crippen LogP contribution in [-0.4, -0.2) is 41.3 Å². The minimum atomic E-state index is -4.47. The van der Waals surface area contributed by atoms with E-state index in [9.17, 15) is 18.0 Å². The molecule has 0 spiro atoms. The number of rotatable bonds is 2. The van der Waals surface area contributed by atoms with Crippen molar-refractivity contribution < 1.29 is 23.1 Å². The molecule has 1 aliphatic heterocycles. The summed E-state index contributed by atoms with van der Waals surface area (Å²) in [6.45, 7) is 1.85. The first-order valence-electron chi connectivity index (χ1n) is 4.82. The second kappa shape index (κ2) is 4.38. The van der Waals surface area contributed by atoms with Gasteiger partial charge in [-0.3, -0.25) is 4.79 Å². The van der Waals surface area contributed by atoms with Crippen LogP contribution in [0.2, 0.25) is 0 Å². The van der Waals surface area contributed by atoms with Gasteiger partial charge in [0.2, 0.25) is 5.91 Å². The van der Waals surface area contributed by atoms with Crippen molar-refractivity contribution in [1.82, 2.24) is 4.90 Å². The number of carbonyl (C=O) groups excluding carboxylic acids is 1. The number of aliphatic hydroxyl groups excluding tert-OH is 1. The summed E-state index contributed by atoms with van der Waals surface area (Å²) in [4.78, 5) is 12.4. The summed E-state index contributed by atoms with van der Waals surface area (Å²) < 4.78 is 35.9. The van der Waals surface area contributed by atoms with E-state index in [4.69, 9.17) is 5.11 Å². The van der Waals surface area contributed by atoms with Crippen LogP contribution in [0.15, 0.2) is 0 Å². The summed E-state index contributed by atoms with van der Waals surface area (Å²) in [5.41, 5.74) is 0. The van der Waals surface area contributed by atoms with Crippen molar-refractivity contribution in [3.8, 4) is 0 Å². The predicted molar refractivity (Wildman–Crippen MR) is 47.0 cm³/mol. The molecule has 1 heterocycles. The zero-order valence-corrected chi connectivity index (χ0v) is 8.42. The Bertz CT molecular complexity index is 242. The molecule has 0 bridgehead atoms. The van der Waals surface area contributed by atoms with E-state index in [1.165, 1.54) is 0 Å². The summed E-state index contributed by atoms with van der Waals surface area (Å²) in [6, 6.07) is -0.458. The average molecular weight is 225 g/mol. The number of aliphatic hydroxyl groups is 1. The predicted octanol–water partition coefficient (Wildman–Crippen LogP) is 1.17. The van der Waals surface area contributed by atoms with Gasteiger partial charge in [0, 0.05) is 6.54 Å². The van der Waals surface area contributed by atoms with Gasteiger partial charge in [0.05, 0.1) is 12.6 Å². The quantitative estimate of drug-likeness (QED) is 0.766. The molecule has 1 fully saturated rings. The number of hydrogen-bond acceptors (Lipinski definition) is 2. The van der Waals surface area contributed by atoms with Gasteiger partial charge in [0.25, 0.3) is 0 Å². The first kappa shape index (κ1) is 12.3. The van der Waals surface area contributed by atoms with Crippen molar-refractivity contribution in [2.45, 2.75) is 32.0 Å². The molecule has 15 heavy (non-hydrogen) atoms. The zero-order valence-electron chi connectivity index (χ0n) is 8.42. The van der Waals surface area contributed by atoms with E-state index >= 15 is 0 Å². The first-order chi connectivity index (χ1) is 6.85. The van der Waals surface area contributed by atoms with Crippen LogP contribution in [0.25, 0.3) is 0 Å². The van der Waals surface area contributed by atoms with Crippen LogP contribution in [0.5, 0.6) is 0 Å². The van der Waals surface area contributed by atoms with Gasteiger partial charge in [-0.1, -0.05) is 6.92 Å². The Kier molecular flexibility index (Phi) is 3.59. The highest BCUT2D eigenvalue weighted by atomic mass is 19.4. The van der Waals surface area contributed by atoms with Crippen molar-refractivity contribution in [2.75, 3.05) is 13.2 Å². The van der Waals surface area contributed by atoms with Crippen LogP contribution in [0.3, 0.4) is 0 Å². The van der Waals surface area contributed by atoms with Gasteiger partial charge in [-0.15, -0.1) is 0 Å². The molecule has 1 rings (SSSR count). The minimum absolute atomic E-state index is 0.0622. The smallest absolute Gasteiger partial charge is 0.394 e. The van der Waals surface area contributed by atoms with Gasteiger partial charge in [0.1, 0.15) is 6.42 Å². The lowest BCUT2D eigenvalue weighted by atomic mass is 10.0. The van der Waals surface area contributed by atoms with Gasteiger partial charge in [-0.05, 0) is 12.3 Å². The summed E-state index contributed by atoms with van der Waals surface area (Å²) in [5, 5.41) is 8.98. The Morgan fingerprint density at radius 1 is 1.53 bits per heavy atom. The highest BCUT2D eigenvalue weighted by Crippen LogP contribution is 2.27. The molecule has 0 radical (unpaired) electrons. The van der Waals surface area contributed by atoms with E-state index in [0.717, 1.165) is 4.90 Å². The number of carbonyl (C=O) groups is 1. The fourth-order valence-electron chi connectivity index (χ4n) is 1.87. The Labute approximate surface area is 85.9 Å². The third kappa shape index (κ3) is 3.09. The molecule has 1 amide bonds. The number of amides is 1. The molecule has 88 valence electrons. The molecule has 0 aliphatic carbocycles. The molecule has 0 saturated carbocycles. The Balaban J connectivity index is 2.60. The molecule has 1 saturated heterocycles. The minimum Gasteiger partial charge on any atom is -0.394 e. The summed E-state index contributed by atoms with van der Waals surface area (Å²) in [6.07, 6.45) is -5.26. The molecule has 3 nitrogen and oxygen atoms in total. The normalized spacial score (nSPS) is 27.1. The van der Waals surface area contributed by atoms with E-state index in [0.29, 0.717) is 13.0 Å². The second-order valence-electron chi connectivity index (χ2n) is 3.89. The average Bonchev–Trinajstić information content (AvgIpc) is 2.43. The Hall–Kier alpha value is -0.780. The van der Waals surface area contributed by atoms with E-state index in [-0.39, 0.29) is 12.5 Å². The van der Waals surface area contributed by atoms with Crippen LogP contribution < -0.4 is 0 Å². The van der Waals surface area contributed by atoms with Crippen molar-refractivity contribution in [3.05, 3.63) is 0 Å². The number of hydrogen-bond donors (Lipinski definition) is 1. The second-order valence-corrected chi connectivity index (χ2v) is 3.89. The molecule has 0 aromatic carbocycles. The SMILES string of the molecule is CC1CCN(C(=O)CC(F)(F)F)C1CO. The molecule has 1 aliphatic rings. The maximum absolute atomic E-state index is 12.0. The van der Waals surface area contributed by atoms with E-state index in [1.54, 1.807) is 0 Å². The third-order valence-electron chi connectivity index (χ3n) is 2.74. The first-order valence-corrected chi connectivity index (χ1v) is 4.82. The van der Waals surface area contributed by atoms with Crippen LogP contribution in [-0.2, 0) is 4.79 Å². The Morgan fingerprint density at radius 2 is 2.13 bits per heavy atom.